The second kappa shape index (κ2) is 7.60. The number of nitrogen functional groups attached to an aromatic ring is 1. The van der Waals surface area contributed by atoms with Crippen LogP contribution in [-0.2, 0) is 0 Å². The molecule has 4 aromatic carbocycles. The van der Waals surface area contributed by atoms with Crippen molar-refractivity contribution in [1.29, 1.82) is 0 Å². The second-order valence-electron chi connectivity index (χ2n) is 6.98. The number of nitrogens with two attached hydrogens (primary N) is 3. The molecule has 6 heteroatoms. The van der Waals surface area contributed by atoms with Gasteiger partial charge in [-0.05, 0) is 70.9 Å². The summed E-state index contributed by atoms with van der Waals surface area (Å²) in [6, 6.07) is 23.7. The Morgan fingerprint density at radius 2 is 1.33 bits per heavy atom. The lowest BCUT2D eigenvalue weighted by atomic mass is 9.92. The van der Waals surface area contributed by atoms with Crippen molar-refractivity contribution in [2.24, 2.45) is 11.5 Å². The summed E-state index contributed by atoms with van der Waals surface area (Å²) in [4.78, 5) is 23.6. The SMILES string of the molecule is NC(=O)c1ccc2c(-c3ccc(Nc4ccc(N)cc4)cc3)c(C(N)=O)ccc2c1. The summed E-state index contributed by atoms with van der Waals surface area (Å²) in [5, 5.41) is 4.92. The standard InChI is InChI=1S/C24H20N4O2/c25-17-5-9-19(10-6-17)28-18-7-1-14(2-8-18)22-20-11-4-16(23(26)29)13-15(20)3-12-21(22)24(27)30/h1-13,28H,25H2,(H2,26,29)(H2,27,30). The topological polar surface area (TPSA) is 124 Å². The van der Waals surface area contributed by atoms with E-state index in [-0.39, 0.29) is 0 Å². The molecule has 0 saturated heterocycles. The van der Waals surface area contributed by atoms with Crippen LogP contribution in [0.5, 0.6) is 0 Å². The van der Waals surface area contributed by atoms with Crippen LogP contribution in [0, 0.1) is 0 Å². The molecular weight excluding hydrogens is 376 g/mol. The molecule has 30 heavy (non-hydrogen) atoms. The number of primary amides is 2. The van der Waals surface area contributed by atoms with Crippen molar-refractivity contribution < 1.29 is 9.59 Å². The van der Waals surface area contributed by atoms with Gasteiger partial charge >= 0.3 is 0 Å². The Kier molecular flexibility index (Phi) is 4.82. The number of anilines is 3. The van der Waals surface area contributed by atoms with E-state index in [0.717, 1.165) is 33.3 Å². The van der Waals surface area contributed by atoms with Gasteiger partial charge in [-0.25, -0.2) is 0 Å². The largest absolute Gasteiger partial charge is 0.399 e. The second-order valence-corrected chi connectivity index (χ2v) is 6.98. The zero-order valence-corrected chi connectivity index (χ0v) is 16.1. The zero-order chi connectivity index (χ0) is 21.3. The Labute approximate surface area is 173 Å². The summed E-state index contributed by atoms with van der Waals surface area (Å²) in [5.74, 6) is -1.02. The number of nitrogens with one attached hydrogen (secondary N) is 1. The zero-order valence-electron chi connectivity index (χ0n) is 16.1. The van der Waals surface area contributed by atoms with Crippen LogP contribution in [0.25, 0.3) is 21.9 Å². The third kappa shape index (κ3) is 3.66. The molecule has 0 radical (unpaired) electrons. The average Bonchev–Trinajstić information content (AvgIpc) is 2.74. The number of benzene rings is 4. The van der Waals surface area contributed by atoms with E-state index < -0.39 is 11.8 Å². The first-order valence-corrected chi connectivity index (χ1v) is 9.32. The van der Waals surface area contributed by atoms with Crippen LogP contribution in [0.1, 0.15) is 20.7 Å². The van der Waals surface area contributed by atoms with Crippen molar-refractivity contribution in [3.63, 3.8) is 0 Å². The fourth-order valence-electron chi connectivity index (χ4n) is 3.45. The van der Waals surface area contributed by atoms with Gasteiger partial charge in [-0.2, -0.15) is 0 Å². The lowest BCUT2D eigenvalue weighted by molar-refractivity contribution is 0.0992. The van der Waals surface area contributed by atoms with Gasteiger partial charge in [-0.15, -0.1) is 0 Å². The van der Waals surface area contributed by atoms with E-state index in [4.69, 9.17) is 17.2 Å². The van der Waals surface area contributed by atoms with Crippen molar-refractivity contribution in [1.82, 2.24) is 0 Å². The van der Waals surface area contributed by atoms with Crippen LogP contribution < -0.4 is 22.5 Å². The maximum Gasteiger partial charge on any atom is 0.249 e. The van der Waals surface area contributed by atoms with E-state index in [1.54, 1.807) is 30.3 Å². The van der Waals surface area contributed by atoms with Gasteiger partial charge in [-0.3, -0.25) is 9.59 Å². The molecule has 6 nitrogen and oxygen atoms in total. The Balaban J connectivity index is 1.77. The number of amides is 2. The van der Waals surface area contributed by atoms with E-state index in [1.807, 2.05) is 48.5 Å². The maximum atomic E-state index is 12.1. The molecule has 0 atom stereocenters. The molecule has 0 aliphatic carbocycles. The van der Waals surface area contributed by atoms with Crippen molar-refractivity contribution in [3.05, 3.63) is 90.0 Å². The van der Waals surface area contributed by atoms with Crippen molar-refractivity contribution in [2.45, 2.75) is 0 Å². The highest BCUT2D eigenvalue weighted by Crippen LogP contribution is 2.34. The van der Waals surface area contributed by atoms with Gasteiger partial charge in [0.2, 0.25) is 11.8 Å². The number of hydrogen-bond donors (Lipinski definition) is 4. The lowest BCUT2D eigenvalue weighted by Gasteiger charge is -2.13. The molecule has 0 fully saturated rings. The molecule has 2 amide bonds. The summed E-state index contributed by atoms with van der Waals surface area (Å²) in [5.41, 5.74) is 21.6. The van der Waals surface area contributed by atoms with Crippen LogP contribution in [0.2, 0.25) is 0 Å². The van der Waals surface area contributed by atoms with Gasteiger partial charge in [0.25, 0.3) is 0 Å². The molecule has 7 N–H and O–H groups in total. The fourth-order valence-corrected chi connectivity index (χ4v) is 3.45. The average molecular weight is 396 g/mol. The highest BCUT2D eigenvalue weighted by molar-refractivity contribution is 6.10. The molecule has 0 aliphatic rings. The first kappa shape index (κ1) is 19.0. The van der Waals surface area contributed by atoms with Gasteiger partial charge in [0.15, 0.2) is 0 Å². The quantitative estimate of drug-likeness (QED) is 0.380. The summed E-state index contributed by atoms with van der Waals surface area (Å²) in [6.45, 7) is 0. The normalized spacial score (nSPS) is 10.7. The van der Waals surface area contributed by atoms with E-state index in [0.29, 0.717) is 16.8 Å². The third-order valence-corrected chi connectivity index (χ3v) is 4.94. The van der Waals surface area contributed by atoms with Crippen LogP contribution >= 0.6 is 0 Å². The Morgan fingerprint density at radius 1 is 0.700 bits per heavy atom. The van der Waals surface area contributed by atoms with Crippen LogP contribution in [0.3, 0.4) is 0 Å². The van der Waals surface area contributed by atoms with Crippen molar-refractivity contribution >= 4 is 39.6 Å². The molecule has 4 aromatic rings. The highest BCUT2D eigenvalue weighted by Gasteiger charge is 2.15. The Hall–Kier alpha value is -4.32. The molecule has 0 heterocycles. The van der Waals surface area contributed by atoms with E-state index in [9.17, 15) is 9.59 Å². The summed E-state index contributed by atoms with van der Waals surface area (Å²) >= 11 is 0. The van der Waals surface area contributed by atoms with Gasteiger partial charge in [-0.1, -0.05) is 24.3 Å². The molecule has 0 aliphatic heterocycles. The number of carbonyl (C=O) groups is 2. The number of rotatable bonds is 5. The fraction of sp³-hybridized carbons (Fsp3) is 0. The predicted molar refractivity (Wildman–Crippen MR) is 121 cm³/mol. The van der Waals surface area contributed by atoms with Crippen LogP contribution in [0.15, 0.2) is 78.9 Å². The van der Waals surface area contributed by atoms with Crippen LogP contribution in [-0.4, -0.2) is 11.8 Å². The molecular formula is C24H20N4O2. The number of carbonyl (C=O) groups excluding carboxylic acids is 2. The van der Waals surface area contributed by atoms with Crippen molar-refractivity contribution in [3.8, 4) is 11.1 Å². The minimum absolute atomic E-state index is 0.406. The maximum absolute atomic E-state index is 12.1. The van der Waals surface area contributed by atoms with Crippen LogP contribution in [0.4, 0.5) is 17.1 Å². The van der Waals surface area contributed by atoms with Gasteiger partial charge in [0.05, 0.1) is 0 Å². The summed E-state index contributed by atoms with van der Waals surface area (Å²) < 4.78 is 0. The van der Waals surface area contributed by atoms with Crippen molar-refractivity contribution in [2.75, 3.05) is 11.1 Å². The summed E-state index contributed by atoms with van der Waals surface area (Å²) in [7, 11) is 0. The Morgan fingerprint density at radius 3 is 1.93 bits per heavy atom. The Bertz CT molecular complexity index is 1260. The molecule has 0 saturated carbocycles. The molecule has 0 bridgehead atoms. The molecule has 0 spiro atoms. The number of fused-ring (bicyclic) bond motifs is 1. The van der Waals surface area contributed by atoms with E-state index in [2.05, 4.69) is 5.32 Å². The minimum Gasteiger partial charge on any atom is -0.399 e. The first-order valence-electron chi connectivity index (χ1n) is 9.32. The van der Waals surface area contributed by atoms with E-state index >= 15 is 0 Å². The van der Waals surface area contributed by atoms with Gasteiger partial charge < -0.3 is 22.5 Å². The monoisotopic (exact) mass is 396 g/mol. The smallest absolute Gasteiger partial charge is 0.249 e. The molecule has 4 rings (SSSR count). The summed E-state index contributed by atoms with van der Waals surface area (Å²) in [6.07, 6.45) is 0. The third-order valence-electron chi connectivity index (χ3n) is 4.94. The molecule has 0 unspecified atom stereocenters. The lowest BCUT2D eigenvalue weighted by Crippen LogP contribution is -2.13. The molecule has 148 valence electrons. The first-order chi connectivity index (χ1) is 14.4. The highest BCUT2D eigenvalue weighted by atomic mass is 16.1. The van der Waals surface area contributed by atoms with Gasteiger partial charge in [0.1, 0.15) is 0 Å². The molecule has 0 aromatic heterocycles. The van der Waals surface area contributed by atoms with Gasteiger partial charge in [0, 0.05) is 33.8 Å². The predicted octanol–water partition coefficient (Wildman–Crippen LogP) is 4.03. The van der Waals surface area contributed by atoms with E-state index in [1.165, 1.54) is 0 Å². The number of hydrogen-bond acceptors (Lipinski definition) is 4. The minimum atomic E-state index is -0.519.